The van der Waals surface area contributed by atoms with E-state index in [0.29, 0.717) is 68.4 Å². The van der Waals surface area contributed by atoms with Gasteiger partial charge in [-0.2, -0.15) is 25.3 Å². The molecular formula is C68H108N4O14S2. The van der Waals surface area contributed by atoms with Gasteiger partial charge in [-0.25, -0.2) is 19.2 Å². The first-order valence-electron chi connectivity index (χ1n) is 32.9. The van der Waals surface area contributed by atoms with Gasteiger partial charge in [0, 0.05) is 39.4 Å². The van der Waals surface area contributed by atoms with Crippen molar-refractivity contribution >= 4 is 61.1 Å². The first-order valence-corrected chi connectivity index (χ1v) is 34.1. The molecule has 496 valence electrons. The summed E-state index contributed by atoms with van der Waals surface area (Å²) < 4.78 is 23.5. The molecule has 4 aliphatic rings. The summed E-state index contributed by atoms with van der Waals surface area (Å²) >= 11 is 8.41. The van der Waals surface area contributed by atoms with E-state index in [0.717, 1.165) is 156 Å². The number of aliphatic carboxylic acids is 2. The zero-order valence-electron chi connectivity index (χ0n) is 54.1. The van der Waals surface area contributed by atoms with Crippen molar-refractivity contribution in [3.8, 4) is 11.5 Å². The highest BCUT2D eigenvalue weighted by atomic mass is 32.1. The number of carbonyl (C=O) groups excluding carboxylic acids is 4. The molecule has 3 amide bonds. The van der Waals surface area contributed by atoms with Crippen LogP contribution in [0.2, 0.25) is 0 Å². The minimum atomic E-state index is -1.06. The predicted octanol–water partition coefficient (Wildman–Crippen LogP) is 11.0. The molecule has 2 saturated carbocycles. The van der Waals surface area contributed by atoms with Crippen LogP contribution in [0.1, 0.15) is 186 Å². The fraction of sp³-hybridized carbons (Fsp3) is 0.735. The molecule has 10 atom stereocenters. The third-order valence-corrected chi connectivity index (χ3v) is 20.0. The maximum Gasteiger partial charge on any atom is 0.410 e. The number of hydrogen-bond donors (Lipinski definition) is 8. The number of fused-ring (bicyclic) bond motifs is 4. The first-order chi connectivity index (χ1) is 42.0. The Morgan fingerprint density at radius 2 is 1.20 bits per heavy atom. The lowest BCUT2D eigenvalue weighted by atomic mass is 9.73. The highest BCUT2D eigenvalue weighted by molar-refractivity contribution is 7.80. The minimum absolute atomic E-state index is 0.0131. The molecule has 6 rings (SSSR count). The molecule has 2 aromatic carbocycles. The summed E-state index contributed by atoms with van der Waals surface area (Å²) in [4.78, 5) is 78.0. The molecule has 0 heterocycles. The van der Waals surface area contributed by atoms with Crippen LogP contribution in [-0.2, 0) is 54.3 Å². The number of unbranched alkanes of at least 4 members (excludes halogenated alkanes) is 6. The van der Waals surface area contributed by atoms with E-state index >= 15 is 0 Å². The van der Waals surface area contributed by atoms with Crippen molar-refractivity contribution in [1.82, 2.24) is 20.4 Å². The third kappa shape index (κ3) is 21.7. The van der Waals surface area contributed by atoms with Gasteiger partial charge in [-0.05, 0) is 213 Å². The Kier molecular flexibility index (Phi) is 31.0. The number of ketones is 1. The van der Waals surface area contributed by atoms with E-state index in [4.69, 9.17) is 29.2 Å². The highest BCUT2D eigenvalue weighted by Crippen LogP contribution is 2.51. The number of carboxylic acids is 2. The number of Topliss-reactive ketones (excluding diaryl/α,β-unsaturated/α-hetero) is 1. The fourth-order valence-corrected chi connectivity index (χ4v) is 14.0. The molecule has 0 aromatic heterocycles. The van der Waals surface area contributed by atoms with Gasteiger partial charge >= 0.3 is 24.1 Å². The number of amides is 3. The maximum atomic E-state index is 13.6. The normalized spacial score (nSPS) is 21.6. The molecular weight excluding hydrogens is 1160 g/mol. The zero-order valence-corrected chi connectivity index (χ0v) is 55.9. The van der Waals surface area contributed by atoms with Gasteiger partial charge in [0.1, 0.15) is 29.2 Å². The summed E-state index contributed by atoms with van der Waals surface area (Å²) in [5.41, 5.74) is 2.31. The van der Waals surface area contributed by atoms with Gasteiger partial charge in [-0.15, -0.1) is 0 Å². The van der Waals surface area contributed by atoms with Crippen molar-refractivity contribution < 1.29 is 68.1 Å². The van der Waals surface area contributed by atoms with Crippen LogP contribution in [0.5, 0.6) is 11.5 Å². The molecule has 2 fully saturated rings. The van der Waals surface area contributed by atoms with Gasteiger partial charge in [0.25, 0.3) is 0 Å². The van der Waals surface area contributed by atoms with Crippen LogP contribution in [-0.4, -0.2) is 160 Å². The molecule has 6 N–H and O–H groups in total. The van der Waals surface area contributed by atoms with E-state index in [1.165, 1.54) is 9.80 Å². The summed E-state index contributed by atoms with van der Waals surface area (Å²) in [5, 5.41) is 46.3. The Morgan fingerprint density at radius 1 is 0.636 bits per heavy atom. The molecule has 0 aliphatic heterocycles. The summed E-state index contributed by atoms with van der Waals surface area (Å²) in [5.74, 6) is 1.82. The van der Waals surface area contributed by atoms with Gasteiger partial charge in [-0.3, -0.25) is 19.4 Å². The van der Waals surface area contributed by atoms with Crippen molar-refractivity contribution in [2.24, 2.45) is 35.5 Å². The average Bonchev–Trinajstić information content (AvgIpc) is 3.85. The number of benzene rings is 2. The van der Waals surface area contributed by atoms with Crippen molar-refractivity contribution in [3.05, 3.63) is 58.7 Å². The number of ether oxygens (including phenoxy) is 4. The first kappa shape index (κ1) is 74.0. The quantitative estimate of drug-likeness (QED) is 0.0231. The van der Waals surface area contributed by atoms with E-state index in [1.807, 2.05) is 24.3 Å². The van der Waals surface area contributed by atoms with Crippen LogP contribution in [0.15, 0.2) is 36.4 Å². The van der Waals surface area contributed by atoms with Crippen molar-refractivity contribution in [1.29, 1.82) is 0 Å². The second-order valence-corrected chi connectivity index (χ2v) is 27.1. The van der Waals surface area contributed by atoms with Gasteiger partial charge < -0.3 is 50.0 Å². The lowest BCUT2D eigenvalue weighted by Gasteiger charge is -2.35. The Morgan fingerprint density at radius 3 is 1.78 bits per heavy atom. The monoisotopic (exact) mass is 1270 g/mol. The highest BCUT2D eigenvalue weighted by Gasteiger charge is 2.49. The summed E-state index contributed by atoms with van der Waals surface area (Å²) in [6, 6.07) is 11.6. The lowest BCUT2D eigenvalue weighted by Crippen LogP contribution is -2.56. The van der Waals surface area contributed by atoms with Crippen molar-refractivity contribution in [2.45, 2.75) is 225 Å². The number of aliphatic hydroxyl groups excluding tert-OH is 2. The lowest BCUT2D eigenvalue weighted by molar-refractivity contribution is -0.140. The van der Waals surface area contributed by atoms with Crippen molar-refractivity contribution in [2.75, 3.05) is 58.4 Å². The predicted molar refractivity (Wildman–Crippen MR) is 349 cm³/mol. The SMILES string of the molecule is CCCCC[C@@H](CC[C@@H]1[C@H]2Cc3cccc(OCC(=O)O)c3C[C@H]2C[C@H]1O)OC(=O)N(C)C(C)(C)C(=O)NCCCCCS.CCCCC[C@H](O)CC[C@@H]1[C@H]2Cc3cccc(OCC(=O)O)c3C[C@H]2C[C@H]1OC(=O)N(C)C(C)(C)C(=O)CCCNCCS. The smallest absolute Gasteiger partial charge is 0.410 e. The number of carboxylic acid groups (broad SMARTS) is 2. The second kappa shape index (κ2) is 36.9. The molecule has 88 heavy (non-hydrogen) atoms. The Bertz CT molecular complexity index is 2530. The molecule has 0 bridgehead atoms. The van der Waals surface area contributed by atoms with Crippen LogP contribution in [0, 0.1) is 35.5 Å². The molecule has 0 unspecified atom stereocenters. The Labute approximate surface area is 535 Å². The number of carbonyl (C=O) groups is 6. The van der Waals surface area contributed by atoms with E-state index in [2.05, 4.69) is 61.9 Å². The van der Waals surface area contributed by atoms with E-state index in [9.17, 15) is 39.0 Å². The molecule has 2 aromatic rings. The molecule has 20 heteroatoms. The second-order valence-electron chi connectivity index (χ2n) is 26.2. The van der Waals surface area contributed by atoms with Crippen molar-refractivity contribution in [3.63, 3.8) is 0 Å². The van der Waals surface area contributed by atoms with Gasteiger partial charge in [-0.1, -0.05) is 76.6 Å². The van der Waals surface area contributed by atoms with E-state index < -0.39 is 47.9 Å². The number of hydrogen-bond acceptors (Lipinski definition) is 15. The van der Waals surface area contributed by atoms with Crippen LogP contribution in [0.25, 0.3) is 0 Å². The fourth-order valence-electron chi connectivity index (χ4n) is 13.6. The standard InChI is InChI=1S/2C34H54N2O7S/c1-5-6-8-13-25(43-33(41)36(4)34(2,3)32(40)35-17-9-7-10-18-44)15-16-26-27-19-23-12-11-14-30(42-22-31(38)39)28(23)20-24(27)21-29(26)37;1-5-6-7-11-25(37)14-15-26-27-19-23-10-8-12-29(42-22-32(39)40)28(23)20-24(27)21-30(26)43-33(41)36(4)34(2,3)31(38)13-9-16-35-17-18-44/h11-12,14,24-27,29,37,44H,5-10,13,15-22H2,1-4H3,(H,35,40)(H,38,39);8,10,12,24-27,30,35,37,44H,5-7,9,11,13-22H2,1-4H3,(H,39,40)/t24-,25-,26+,27-,29+;24-,25-,26+,27-,30+/m00/s1. The topological polar surface area (TPSA) is 251 Å². The van der Waals surface area contributed by atoms with Crippen LogP contribution >= 0.6 is 25.3 Å². The molecule has 4 aliphatic carbocycles. The number of likely N-dealkylation sites (N-methyl/N-ethyl adjacent to an activating group) is 2. The molecule has 0 spiro atoms. The zero-order chi connectivity index (χ0) is 64.6. The number of thiol groups is 2. The molecule has 0 saturated heterocycles. The molecule has 0 radical (unpaired) electrons. The Balaban J connectivity index is 0.000000321. The van der Waals surface area contributed by atoms with E-state index in [1.54, 1.807) is 41.8 Å². The van der Waals surface area contributed by atoms with Crippen LogP contribution in [0.4, 0.5) is 9.59 Å². The van der Waals surface area contributed by atoms with Gasteiger partial charge in [0.15, 0.2) is 19.0 Å². The largest absolute Gasteiger partial charge is 0.482 e. The third-order valence-electron chi connectivity index (χ3n) is 19.4. The van der Waals surface area contributed by atoms with Crippen LogP contribution < -0.4 is 20.1 Å². The number of rotatable bonds is 37. The Hall–Kier alpha value is -4.76. The van der Waals surface area contributed by atoms with Gasteiger partial charge in [0.2, 0.25) is 5.91 Å². The minimum Gasteiger partial charge on any atom is -0.482 e. The number of aliphatic hydroxyl groups is 2. The van der Waals surface area contributed by atoms with Gasteiger partial charge in [0.05, 0.1) is 17.7 Å². The summed E-state index contributed by atoms with van der Waals surface area (Å²) in [6.45, 7) is 12.6. The summed E-state index contributed by atoms with van der Waals surface area (Å²) in [6.07, 6.45) is 16.5. The molecule has 18 nitrogen and oxygen atoms in total. The number of nitrogens with zero attached hydrogens (tertiary/aromatic N) is 2. The number of nitrogens with one attached hydrogen (secondary N) is 2. The average molecular weight is 1270 g/mol. The summed E-state index contributed by atoms with van der Waals surface area (Å²) in [7, 11) is 3.25. The van der Waals surface area contributed by atoms with E-state index in [-0.39, 0.29) is 60.3 Å². The van der Waals surface area contributed by atoms with Crippen LogP contribution in [0.3, 0.4) is 0 Å². The maximum absolute atomic E-state index is 13.6.